The average molecular weight is 287 g/mol. The van der Waals surface area contributed by atoms with Crippen LogP contribution in [0, 0.1) is 0 Å². The van der Waals surface area contributed by atoms with Gasteiger partial charge in [0.2, 0.25) is 0 Å². The molecule has 0 radical (unpaired) electrons. The van der Waals surface area contributed by atoms with Crippen molar-refractivity contribution in [2.45, 2.75) is 51.6 Å². The van der Waals surface area contributed by atoms with E-state index in [0.717, 1.165) is 22.9 Å². The monoisotopic (exact) mass is 287 g/mol. The summed E-state index contributed by atoms with van der Waals surface area (Å²) in [4.78, 5) is 11.7. The molecule has 2 aromatic rings. The van der Waals surface area contributed by atoms with Crippen LogP contribution in [0.3, 0.4) is 0 Å². The molecule has 0 unspecified atom stereocenters. The van der Waals surface area contributed by atoms with E-state index in [1.807, 2.05) is 13.0 Å². The summed E-state index contributed by atoms with van der Waals surface area (Å²) in [5, 5.41) is 14.4. The number of phenols is 1. The molecule has 1 aromatic carbocycles. The highest BCUT2D eigenvalue weighted by atomic mass is 16.4. The van der Waals surface area contributed by atoms with Gasteiger partial charge < -0.3 is 14.8 Å². The van der Waals surface area contributed by atoms with E-state index >= 15 is 0 Å². The molecule has 0 saturated heterocycles. The van der Waals surface area contributed by atoms with Crippen molar-refractivity contribution in [3.05, 3.63) is 39.7 Å². The third kappa shape index (κ3) is 2.95. The van der Waals surface area contributed by atoms with Gasteiger partial charge in [0.15, 0.2) is 0 Å². The van der Waals surface area contributed by atoms with Gasteiger partial charge in [-0.1, -0.05) is 19.8 Å². The second kappa shape index (κ2) is 5.90. The molecule has 0 aliphatic heterocycles. The fourth-order valence-electron chi connectivity index (χ4n) is 3.12. The Balaban J connectivity index is 1.97. The molecule has 2 N–H and O–H groups in total. The smallest absolute Gasteiger partial charge is 0.336 e. The average Bonchev–Trinajstić information content (AvgIpc) is 2.97. The molecule has 0 atom stereocenters. The van der Waals surface area contributed by atoms with E-state index in [4.69, 9.17) is 4.42 Å². The lowest BCUT2D eigenvalue weighted by molar-refractivity contribution is 0.466. The minimum atomic E-state index is -0.366. The van der Waals surface area contributed by atoms with Crippen LogP contribution in [0.4, 0.5) is 0 Å². The van der Waals surface area contributed by atoms with E-state index in [1.54, 1.807) is 12.1 Å². The molecular weight excluding hydrogens is 266 g/mol. The molecule has 1 aliphatic rings. The standard InChI is InChI=1S/C17H21NO3/c1-2-11-7-14-12(10-18-13-5-3-4-6-13)8-17(20)21-16(14)9-15(11)19/h7-9,13,18-19H,2-6,10H2,1H3. The molecule has 4 heteroatoms. The lowest BCUT2D eigenvalue weighted by atomic mass is 10.0. The van der Waals surface area contributed by atoms with E-state index in [1.165, 1.54) is 25.7 Å². The zero-order valence-electron chi connectivity index (χ0n) is 12.3. The molecule has 1 aliphatic carbocycles. The number of phenolic OH excluding ortho intramolecular Hbond substituents is 1. The molecule has 1 aromatic heterocycles. The first-order chi connectivity index (χ1) is 10.2. The van der Waals surface area contributed by atoms with Crippen molar-refractivity contribution in [3.63, 3.8) is 0 Å². The maximum Gasteiger partial charge on any atom is 0.336 e. The van der Waals surface area contributed by atoms with Crippen molar-refractivity contribution in [1.29, 1.82) is 0 Å². The Morgan fingerprint density at radius 2 is 2.00 bits per heavy atom. The molecule has 0 amide bonds. The van der Waals surface area contributed by atoms with E-state index in [-0.39, 0.29) is 11.4 Å². The third-order valence-electron chi connectivity index (χ3n) is 4.35. The first kappa shape index (κ1) is 14.1. The molecule has 0 bridgehead atoms. The summed E-state index contributed by atoms with van der Waals surface area (Å²) < 4.78 is 5.21. The highest BCUT2D eigenvalue weighted by molar-refractivity contribution is 5.82. The van der Waals surface area contributed by atoms with Crippen molar-refractivity contribution in [1.82, 2.24) is 5.32 Å². The molecule has 1 heterocycles. The van der Waals surface area contributed by atoms with Gasteiger partial charge in [0.05, 0.1) is 0 Å². The predicted octanol–water partition coefficient (Wildman–Crippen LogP) is 3.09. The van der Waals surface area contributed by atoms with Gasteiger partial charge in [0, 0.05) is 30.1 Å². The number of hydrogen-bond acceptors (Lipinski definition) is 4. The molecule has 21 heavy (non-hydrogen) atoms. The minimum Gasteiger partial charge on any atom is -0.508 e. The van der Waals surface area contributed by atoms with Gasteiger partial charge in [0.1, 0.15) is 11.3 Å². The summed E-state index contributed by atoms with van der Waals surface area (Å²) in [6.07, 6.45) is 5.73. The molecule has 1 fully saturated rings. The van der Waals surface area contributed by atoms with Gasteiger partial charge in [-0.05, 0) is 36.5 Å². The highest BCUT2D eigenvalue weighted by Gasteiger charge is 2.15. The zero-order chi connectivity index (χ0) is 14.8. The summed E-state index contributed by atoms with van der Waals surface area (Å²) in [5.74, 6) is 0.189. The van der Waals surface area contributed by atoms with Crippen molar-refractivity contribution >= 4 is 11.0 Å². The van der Waals surface area contributed by atoms with Gasteiger partial charge in [-0.15, -0.1) is 0 Å². The lowest BCUT2D eigenvalue weighted by Crippen LogP contribution is -2.25. The number of nitrogens with one attached hydrogen (secondary N) is 1. The number of fused-ring (bicyclic) bond motifs is 1. The van der Waals surface area contributed by atoms with Gasteiger partial charge in [-0.25, -0.2) is 4.79 Å². The van der Waals surface area contributed by atoms with Gasteiger partial charge in [-0.3, -0.25) is 0 Å². The van der Waals surface area contributed by atoms with Crippen LogP contribution < -0.4 is 10.9 Å². The Morgan fingerprint density at radius 3 is 2.71 bits per heavy atom. The van der Waals surface area contributed by atoms with Crippen molar-refractivity contribution in [2.24, 2.45) is 0 Å². The maximum atomic E-state index is 11.7. The topological polar surface area (TPSA) is 62.5 Å². The van der Waals surface area contributed by atoms with Crippen molar-refractivity contribution < 1.29 is 9.52 Å². The van der Waals surface area contributed by atoms with E-state index in [0.29, 0.717) is 18.2 Å². The number of hydrogen-bond donors (Lipinski definition) is 2. The summed E-state index contributed by atoms with van der Waals surface area (Å²) in [5.41, 5.74) is 1.91. The Hall–Kier alpha value is -1.81. The second-order valence-electron chi connectivity index (χ2n) is 5.78. The number of aromatic hydroxyl groups is 1. The maximum absolute atomic E-state index is 11.7. The normalized spacial score (nSPS) is 15.9. The fourth-order valence-corrected chi connectivity index (χ4v) is 3.12. The van der Waals surface area contributed by atoms with Crippen LogP contribution in [0.25, 0.3) is 11.0 Å². The van der Waals surface area contributed by atoms with Gasteiger partial charge in [0.25, 0.3) is 0 Å². The first-order valence-corrected chi connectivity index (χ1v) is 7.69. The van der Waals surface area contributed by atoms with Crippen molar-refractivity contribution in [2.75, 3.05) is 0 Å². The van der Waals surface area contributed by atoms with Crippen LogP contribution >= 0.6 is 0 Å². The quantitative estimate of drug-likeness (QED) is 0.848. The second-order valence-corrected chi connectivity index (χ2v) is 5.78. The SMILES string of the molecule is CCc1cc2c(CNC3CCCC3)cc(=O)oc2cc1O. The Bertz CT molecular complexity index is 699. The lowest BCUT2D eigenvalue weighted by Gasteiger charge is -2.13. The summed E-state index contributed by atoms with van der Waals surface area (Å²) in [6.45, 7) is 2.66. The van der Waals surface area contributed by atoms with Crippen molar-refractivity contribution in [3.8, 4) is 5.75 Å². The zero-order valence-corrected chi connectivity index (χ0v) is 12.3. The Morgan fingerprint density at radius 1 is 1.24 bits per heavy atom. The van der Waals surface area contributed by atoms with Crippen LogP contribution in [-0.2, 0) is 13.0 Å². The fraction of sp³-hybridized carbons (Fsp3) is 0.471. The highest BCUT2D eigenvalue weighted by Crippen LogP contribution is 2.27. The predicted molar refractivity (Wildman–Crippen MR) is 82.6 cm³/mol. The molecule has 3 rings (SSSR count). The minimum absolute atomic E-state index is 0.189. The van der Waals surface area contributed by atoms with Crippen LogP contribution in [-0.4, -0.2) is 11.1 Å². The van der Waals surface area contributed by atoms with Gasteiger partial charge in [-0.2, -0.15) is 0 Å². The third-order valence-corrected chi connectivity index (χ3v) is 4.35. The van der Waals surface area contributed by atoms with Crippen LogP contribution in [0.15, 0.2) is 27.4 Å². The number of benzene rings is 1. The van der Waals surface area contributed by atoms with Crippen LogP contribution in [0.2, 0.25) is 0 Å². The molecule has 0 spiro atoms. The number of aryl methyl sites for hydroxylation is 1. The molecule has 1 saturated carbocycles. The van der Waals surface area contributed by atoms with E-state index in [2.05, 4.69) is 5.32 Å². The first-order valence-electron chi connectivity index (χ1n) is 7.69. The molecule has 112 valence electrons. The molecular formula is C17H21NO3. The Labute approximate surface area is 123 Å². The number of rotatable bonds is 4. The summed E-state index contributed by atoms with van der Waals surface area (Å²) in [6, 6.07) is 5.59. The Kier molecular flexibility index (Phi) is 3.97. The van der Waals surface area contributed by atoms with Crippen LogP contribution in [0.1, 0.15) is 43.7 Å². The van der Waals surface area contributed by atoms with Gasteiger partial charge >= 0.3 is 5.63 Å². The van der Waals surface area contributed by atoms with Crippen LogP contribution in [0.5, 0.6) is 5.75 Å². The summed E-state index contributed by atoms with van der Waals surface area (Å²) in [7, 11) is 0. The van der Waals surface area contributed by atoms with E-state index in [9.17, 15) is 9.90 Å². The largest absolute Gasteiger partial charge is 0.508 e. The molecule has 4 nitrogen and oxygen atoms in total. The summed E-state index contributed by atoms with van der Waals surface area (Å²) >= 11 is 0. The van der Waals surface area contributed by atoms with E-state index < -0.39 is 0 Å².